The lowest BCUT2D eigenvalue weighted by Gasteiger charge is -2.16. The number of likely N-dealkylation sites (tertiary alicyclic amines) is 1. The second-order valence-electron chi connectivity index (χ2n) is 7.43. The first kappa shape index (κ1) is 17.6. The number of imidazole rings is 1. The summed E-state index contributed by atoms with van der Waals surface area (Å²) in [5, 5.41) is 4.44. The van der Waals surface area contributed by atoms with Crippen molar-refractivity contribution in [2.24, 2.45) is 5.73 Å². The number of hydrogen-bond donors (Lipinski definition) is 1. The smallest absolute Gasteiger partial charge is 0.248 e. The van der Waals surface area contributed by atoms with Crippen molar-refractivity contribution < 1.29 is 4.79 Å². The third-order valence-corrected chi connectivity index (χ3v) is 5.53. The molecule has 0 saturated carbocycles. The van der Waals surface area contributed by atoms with Crippen LogP contribution in [-0.2, 0) is 0 Å². The van der Waals surface area contributed by atoms with Crippen LogP contribution in [-0.4, -0.2) is 48.5 Å². The first-order chi connectivity index (χ1) is 14.1. The van der Waals surface area contributed by atoms with Crippen molar-refractivity contribution in [1.29, 1.82) is 0 Å². The van der Waals surface area contributed by atoms with Crippen molar-refractivity contribution in [2.75, 3.05) is 13.6 Å². The average molecular weight is 387 g/mol. The number of fused-ring (bicyclic) bond motifs is 1. The minimum Gasteiger partial charge on any atom is -0.366 e. The number of nitrogens with two attached hydrogens (primary N) is 1. The molecular formula is C21H21N7O. The highest BCUT2D eigenvalue weighted by molar-refractivity contribution is 5.93. The van der Waals surface area contributed by atoms with Gasteiger partial charge in [0.15, 0.2) is 11.5 Å². The standard InChI is InChI=1S/C21H21N7O/c1-26-8-2-3-18(26)17-12-27-13-20(23-10-19(27)25-17)28-11-16(9-24-28)14-4-6-15(7-5-14)21(22)29/h4-7,9-13,18H,2-3,8H2,1H3,(H2,22,29)/t18-/m1/s1. The first-order valence-electron chi connectivity index (χ1n) is 9.59. The van der Waals surface area contributed by atoms with Crippen molar-refractivity contribution >= 4 is 11.6 Å². The minimum absolute atomic E-state index is 0.373. The summed E-state index contributed by atoms with van der Waals surface area (Å²) in [5.74, 6) is 0.273. The van der Waals surface area contributed by atoms with Crippen LogP contribution in [0.5, 0.6) is 0 Å². The quantitative estimate of drug-likeness (QED) is 0.580. The third-order valence-electron chi connectivity index (χ3n) is 5.53. The second kappa shape index (κ2) is 6.82. The van der Waals surface area contributed by atoms with Gasteiger partial charge in [-0.05, 0) is 44.1 Å². The maximum absolute atomic E-state index is 11.2. The fraction of sp³-hybridized carbons (Fsp3) is 0.238. The lowest BCUT2D eigenvalue weighted by molar-refractivity contribution is 0.100. The Labute approximate surface area is 167 Å². The molecule has 29 heavy (non-hydrogen) atoms. The van der Waals surface area contributed by atoms with Gasteiger partial charge >= 0.3 is 0 Å². The van der Waals surface area contributed by atoms with Gasteiger partial charge in [-0.2, -0.15) is 5.10 Å². The molecule has 4 aromatic rings. The molecule has 0 radical (unpaired) electrons. The van der Waals surface area contributed by atoms with Crippen molar-refractivity contribution in [3.8, 4) is 16.9 Å². The van der Waals surface area contributed by atoms with E-state index in [-0.39, 0.29) is 0 Å². The SMILES string of the molecule is CN1CCC[C@@H]1c1cn2cc(-n3cc(-c4ccc(C(N)=O)cc4)cn3)ncc2n1. The molecular weight excluding hydrogens is 366 g/mol. The molecule has 1 amide bonds. The highest BCUT2D eigenvalue weighted by Crippen LogP contribution is 2.29. The van der Waals surface area contributed by atoms with E-state index in [1.165, 1.54) is 6.42 Å². The fourth-order valence-electron chi connectivity index (χ4n) is 3.89. The van der Waals surface area contributed by atoms with Gasteiger partial charge in [0.1, 0.15) is 0 Å². The van der Waals surface area contributed by atoms with Crippen LogP contribution >= 0.6 is 0 Å². The van der Waals surface area contributed by atoms with E-state index in [4.69, 9.17) is 10.7 Å². The van der Waals surface area contributed by atoms with Crippen LogP contribution < -0.4 is 5.73 Å². The van der Waals surface area contributed by atoms with Gasteiger partial charge in [-0.1, -0.05) is 12.1 Å². The van der Waals surface area contributed by atoms with E-state index in [1.54, 1.807) is 29.2 Å². The Morgan fingerprint density at radius 1 is 1.10 bits per heavy atom. The van der Waals surface area contributed by atoms with Crippen LogP contribution in [0.3, 0.4) is 0 Å². The molecule has 146 valence electrons. The molecule has 1 aliphatic heterocycles. The molecule has 0 spiro atoms. The van der Waals surface area contributed by atoms with Crippen molar-refractivity contribution in [2.45, 2.75) is 18.9 Å². The topological polar surface area (TPSA) is 94.3 Å². The average Bonchev–Trinajstić information content (AvgIpc) is 3.46. The maximum Gasteiger partial charge on any atom is 0.248 e. The number of carbonyl (C=O) groups excluding carboxylic acids is 1. The Bertz CT molecular complexity index is 1190. The maximum atomic E-state index is 11.2. The molecule has 1 fully saturated rings. The Kier molecular flexibility index (Phi) is 4.13. The van der Waals surface area contributed by atoms with Gasteiger partial charge < -0.3 is 10.1 Å². The first-order valence-corrected chi connectivity index (χ1v) is 9.59. The minimum atomic E-state index is -0.437. The van der Waals surface area contributed by atoms with Crippen LogP contribution in [0.25, 0.3) is 22.6 Å². The number of carbonyl (C=O) groups is 1. The summed E-state index contributed by atoms with van der Waals surface area (Å²) in [6, 6.07) is 7.52. The van der Waals surface area contributed by atoms with E-state index in [0.717, 1.165) is 35.4 Å². The zero-order valence-corrected chi connectivity index (χ0v) is 16.1. The van der Waals surface area contributed by atoms with Gasteiger partial charge in [-0.3, -0.25) is 9.69 Å². The number of nitrogens with zero attached hydrogens (tertiary/aromatic N) is 6. The Balaban J connectivity index is 1.44. The molecule has 0 aliphatic carbocycles. The molecule has 1 saturated heterocycles. The van der Waals surface area contributed by atoms with Crippen LogP contribution in [0.15, 0.2) is 55.2 Å². The zero-order chi connectivity index (χ0) is 20.0. The summed E-state index contributed by atoms with van der Waals surface area (Å²) in [7, 11) is 2.15. The van der Waals surface area contributed by atoms with Gasteiger partial charge in [0.05, 0.1) is 30.3 Å². The number of hydrogen-bond acceptors (Lipinski definition) is 5. The predicted octanol–water partition coefficient (Wildman–Crippen LogP) is 2.45. The summed E-state index contributed by atoms with van der Waals surface area (Å²) in [6.45, 7) is 1.11. The van der Waals surface area contributed by atoms with Gasteiger partial charge in [0.25, 0.3) is 0 Å². The van der Waals surface area contributed by atoms with Gasteiger partial charge in [0.2, 0.25) is 5.91 Å². The summed E-state index contributed by atoms with van der Waals surface area (Å²) in [6.07, 6.45) is 11.8. The molecule has 1 aliphatic rings. The molecule has 1 aromatic carbocycles. The van der Waals surface area contributed by atoms with Crippen molar-refractivity contribution in [1.82, 2.24) is 29.0 Å². The van der Waals surface area contributed by atoms with E-state index in [0.29, 0.717) is 17.4 Å². The van der Waals surface area contributed by atoms with Gasteiger partial charge in [-0.15, -0.1) is 0 Å². The number of amides is 1. The van der Waals surface area contributed by atoms with Crippen LogP contribution in [0.1, 0.15) is 34.9 Å². The van der Waals surface area contributed by atoms with E-state index in [1.807, 2.05) is 28.9 Å². The Hall–Kier alpha value is -3.52. The normalized spacial score (nSPS) is 17.2. The molecule has 1 atom stereocenters. The predicted molar refractivity (Wildman–Crippen MR) is 109 cm³/mol. The van der Waals surface area contributed by atoms with E-state index in [9.17, 15) is 4.79 Å². The lowest BCUT2D eigenvalue weighted by atomic mass is 10.1. The molecule has 5 rings (SSSR count). The van der Waals surface area contributed by atoms with Crippen LogP contribution in [0.2, 0.25) is 0 Å². The van der Waals surface area contributed by atoms with E-state index in [2.05, 4.69) is 28.2 Å². The molecule has 4 heterocycles. The highest BCUT2D eigenvalue weighted by Gasteiger charge is 2.25. The van der Waals surface area contributed by atoms with E-state index >= 15 is 0 Å². The van der Waals surface area contributed by atoms with Crippen LogP contribution in [0, 0.1) is 0 Å². The zero-order valence-electron chi connectivity index (χ0n) is 16.1. The summed E-state index contributed by atoms with van der Waals surface area (Å²) >= 11 is 0. The third kappa shape index (κ3) is 3.17. The highest BCUT2D eigenvalue weighted by atomic mass is 16.1. The lowest BCUT2D eigenvalue weighted by Crippen LogP contribution is -2.17. The number of rotatable bonds is 4. The largest absolute Gasteiger partial charge is 0.366 e. The van der Waals surface area contributed by atoms with E-state index < -0.39 is 5.91 Å². The summed E-state index contributed by atoms with van der Waals surface area (Å²) in [5.41, 5.74) is 9.59. The number of primary amides is 1. The molecule has 2 N–H and O–H groups in total. The van der Waals surface area contributed by atoms with Crippen molar-refractivity contribution in [3.05, 3.63) is 66.5 Å². The molecule has 8 heteroatoms. The monoisotopic (exact) mass is 387 g/mol. The van der Waals surface area contributed by atoms with Gasteiger partial charge in [0, 0.05) is 23.5 Å². The Morgan fingerprint density at radius 2 is 1.93 bits per heavy atom. The number of aromatic nitrogens is 5. The number of benzene rings is 1. The summed E-state index contributed by atoms with van der Waals surface area (Å²) < 4.78 is 3.74. The van der Waals surface area contributed by atoms with Crippen LogP contribution in [0.4, 0.5) is 0 Å². The Morgan fingerprint density at radius 3 is 2.66 bits per heavy atom. The molecule has 0 bridgehead atoms. The van der Waals surface area contributed by atoms with Crippen molar-refractivity contribution in [3.63, 3.8) is 0 Å². The second-order valence-corrected chi connectivity index (χ2v) is 7.43. The fourth-order valence-corrected chi connectivity index (χ4v) is 3.89. The summed E-state index contributed by atoms with van der Waals surface area (Å²) in [4.78, 5) is 22.9. The molecule has 0 unspecified atom stereocenters. The molecule has 8 nitrogen and oxygen atoms in total. The van der Waals surface area contributed by atoms with Gasteiger partial charge in [-0.25, -0.2) is 14.6 Å². The molecule has 3 aromatic heterocycles.